The van der Waals surface area contributed by atoms with Gasteiger partial charge >= 0.3 is 6.03 Å². The summed E-state index contributed by atoms with van der Waals surface area (Å²) in [5.74, 6) is -1.75. The Balaban J connectivity index is 1.62. The van der Waals surface area contributed by atoms with Crippen molar-refractivity contribution in [2.24, 2.45) is 0 Å². The predicted molar refractivity (Wildman–Crippen MR) is 104 cm³/mol. The lowest BCUT2D eigenvalue weighted by Gasteiger charge is -2.08. The number of carbonyl (C=O) groups excluding carboxylic acids is 2. The summed E-state index contributed by atoms with van der Waals surface area (Å²) in [5, 5.41) is 8.03. The molecule has 9 heteroatoms. The highest BCUT2D eigenvalue weighted by atomic mass is 19.1. The summed E-state index contributed by atoms with van der Waals surface area (Å²) in [4.78, 5) is 28.1. The monoisotopic (exact) mass is 401 g/mol. The number of urea groups is 1. The minimum absolute atomic E-state index is 0.00544. The quantitative estimate of drug-likeness (QED) is 0.569. The van der Waals surface area contributed by atoms with Crippen molar-refractivity contribution < 1.29 is 18.4 Å². The van der Waals surface area contributed by atoms with Crippen LogP contribution in [0.4, 0.5) is 13.6 Å². The van der Waals surface area contributed by atoms with Gasteiger partial charge in [0.15, 0.2) is 0 Å². The summed E-state index contributed by atoms with van der Waals surface area (Å²) in [6, 6.07) is 7.96. The van der Waals surface area contributed by atoms with E-state index in [1.807, 2.05) is 11.5 Å². The maximum absolute atomic E-state index is 13.2. The third kappa shape index (κ3) is 5.28. The molecule has 7 nitrogen and oxygen atoms in total. The number of carbonyl (C=O) groups is 2. The van der Waals surface area contributed by atoms with E-state index in [0.717, 1.165) is 11.6 Å². The molecule has 0 aliphatic heterocycles. The SMILES string of the molecule is CCNC(=O)NCCn1cnc2cc(C(=O)NCc3cc(F)cc(F)c3)ccc21. The zero-order valence-electron chi connectivity index (χ0n) is 15.8. The molecule has 0 atom stereocenters. The van der Waals surface area contributed by atoms with Crippen molar-refractivity contribution in [3.63, 3.8) is 0 Å². The fraction of sp³-hybridized carbons (Fsp3) is 0.250. The van der Waals surface area contributed by atoms with Crippen LogP contribution in [0, 0.1) is 11.6 Å². The minimum Gasteiger partial charge on any atom is -0.348 e. The van der Waals surface area contributed by atoms with E-state index in [4.69, 9.17) is 0 Å². The van der Waals surface area contributed by atoms with Crippen LogP contribution in [0.3, 0.4) is 0 Å². The number of fused-ring (bicyclic) bond motifs is 1. The van der Waals surface area contributed by atoms with Crippen LogP contribution in [-0.2, 0) is 13.1 Å². The van der Waals surface area contributed by atoms with Gasteiger partial charge in [-0.1, -0.05) is 0 Å². The first kappa shape index (κ1) is 20.2. The number of nitrogens with one attached hydrogen (secondary N) is 3. The second-order valence-electron chi connectivity index (χ2n) is 6.39. The van der Waals surface area contributed by atoms with E-state index >= 15 is 0 Å². The molecule has 0 bridgehead atoms. The van der Waals surface area contributed by atoms with Crippen molar-refractivity contribution in [1.29, 1.82) is 0 Å². The van der Waals surface area contributed by atoms with Gasteiger partial charge in [0.05, 0.1) is 17.4 Å². The molecule has 3 rings (SSSR count). The number of benzene rings is 2. The van der Waals surface area contributed by atoms with Crippen molar-refractivity contribution in [1.82, 2.24) is 25.5 Å². The molecule has 152 valence electrons. The molecule has 0 saturated heterocycles. The Morgan fingerprint density at radius 1 is 1.03 bits per heavy atom. The Kier molecular flexibility index (Phi) is 6.38. The second kappa shape index (κ2) is 9.13. The Morgan fingerprint density at radius 3 is 2.52 bits per heavy atom. The topological polar surface area (TPSA) is 88.1 Å². The van der Waals surface area contributed by atoms with Gasteiger partial charge in [-0.2, -0.15) is 0 Å². The van der Waals surface area contributed by atoms with Crippen LogP contribution in [0.5, 0.6) is 0 Å². The Labute approximate surface area is 166 Å². The standard InChI is InChI=1S/C20H21F2N5O2/c1-2-23-20(29)24-5-6-27-12-26-17-9-14(3-4-18(17)27)19(28)25-11-13-7-15(21)10-16(22)8-13/h3-4,7-10,12H,2,5-6,11H2,1H3,(H,25,28)(H2,23,24,29). The third-order valence-electron chi connectivity index (χ3n) is 4.23. The number of amides is 3. The maximum atomic E-state index is 13.2. The largest absolute Gasteiger partial charge is 0.348 e. The number of nitrogens with zero attached hydrogens (tertiary/aromatic N) is 2. The van der Waals surface area contributed by atoms with Crippen LogP contribution in [0.1, 0.15) is 22.8 Å². The first-order valence-electron chi connectivity index (χ1n) is 9.16. The van der Waals surface area contributed by atoms with E-state index in [0.29, 0.717) is 36.3 Å². The van der Waals surface area contributed by atoms with Gasteiger partial charge in [-0.25, -0.2) is 18.6 Å². The zero-order valence-corrected chi connectivity index (χ0v) is 15.8. The van der Waals surface area contributed by atoms with Gasteiger partial charge in [0.2, 0.25) is 0 Å². The number of hydrogen-bond acceptors (Lipinski definition) is 3. The van der Waals surface area contributed by atoms with Crippen LogP contribution in [0.2, 0.25) is 0 Å². The maximum Gasteiger partial charge on any atom is 0.314 e. The summed E-state index contributed by atoms with van der Waals surface area (Å²) < 4.78 is 28.3. The zero-order chi connectivity index (χ0) is 20.8. The summed E-state index contributed by atoms with van der Waals surface area (Å²) in [7, 11) is 0. The van der Waals surface area contributed by atoms with Gasteiger partial charge in [-0.05, 0) is 42.8 Å². The summed E-state index contributed by atoms with van der Waals surface area (Å²) in [5.41, 5.74) is 2.18. The molecule has 1 heterocycles. The third-order valence-corrected chi connectivity index (χ3v) is 4.23. The Hall–Kier alpha value is -3.49. The molecule has 0 aliphatic rings. The summed E-state index contributed by atoms with van der Waals surface area (Å²) >= 11 is 0. The van der Waals surface area contributed by atoms with Crippen molar-refractivity contribution in [2.45, 2.75) is 20.0 Å². The first-order chi connectivity index (χ1) is 14.0. The number of halogens is 2. The van der Waals surface area contributed by atoms with Crippen molar-refractivity contribution in [3.8, 4) is 0 Å². The van der Waals surface area contributed by atoms with Gasteiger partial charge in [0, 0.05) is 37.8 Å². The molecule has 2 aromatic carbocycles. The number of hydrogen-bond donors (Lipinski definition) is 3. The molecule has 3 N–H and O–H groups in total. The van der Waals surface area contributed by atoms with Crippen LogP contribution < -0.4 is 16.0 Å². The second-order valence-corrected chi connectivity index (χ2v) is 6.39. The average Bonchev–Trinajstić information content (AvgIpc) is 3.08. The molecular formula is C20H21F2N5O2. The lowest BCUT2D eigenvalue weighted by atomic mass is 10.1. The van der Waals surface area contributed by atoms with Crippen LogP contribution in [0.25, 0.3) is 11.0 Å². The van der Waals surface area contributed by atoms with E-state index in [1.54, 1.807) is 24.5 Å². The summed E-state index contributed by atoms with van der Waals surface area (Å²) in [6.07, 6.45) is 1.64. The highest BCUT2D eigenvalue weighted by Gasteiger charge is 2.10. The van der Waals surface area contributed by atoms with E-state index in [9.17, 15) is 18.4 Å². The van der Waals surface area contributed by atoms with Crippen molar-refractivity contribution >= 4 is 23.0 Å². The molecular weight excluding hydrogens is 380 g/mol. The lowest BCUT2D eigenvalue weighted by Crippen LogP contribution is -2.36. The van der Waals surface area contributed by atoms with Crippen LogP contribution >= 0.6 is 0 Å². The molecule has 29 heavy (non-hydrogen) atoms. The molecule has 0 unspecified atom stereocenters. The van der Waals surface area contributed by atoms with E-state index in [1.165, 1.54) is 12.1 Å². The Bertz CT molecular complexity index is 1010. The van der Waals surface area contributed by atoms with Crippen molar-refractivity contribution in [3.05, 3.63) is 65.5 Å². The molecule has 0 fully saturated rings. The van der Waals surface area contributed by atoms with Gasteiger partial charge in [0.25, 0.3) is 5.91 Å². The number of rotatable bonds is 7. The minimum atomic E-state index is -0.692. The highest BCUT2D eigenvalue weighted by Crippen LogP contribution is 2.15. The molecule has 3 aromatic rings. The molecule has 3 amide bonds. The summed E-state index contributed by atoms with van der Waals surface area (Å²) in [6.45, 7) is 3.37. The van der Waals surface area contributed by atoms with Crippen LogP contribution in [-0.4, -0.2) is 34.6 Å². The van der Waals surface area contributed by atoms with Gasteiger partial charge in [0.1, 0.15) is 11.6 Å². The average molecular weight is 401 g/mol. The van der Waals surface area contributed by atoms with E-state index < -0.39 is 11.6 Å². The molecule has 0 aliphatic carbocycles. The fourth-order valence-electron chi connectivity index (χ4n) is 2.89. The fourth-order valence-corrected chi connectivity index (χ4v) is 2.89. The van der Waals surface area contributed by atoms with Crippen molar-refractivity contribution in [2.75, 3.05) is 13.1 Å². The van der Waals surface area contributed by atoms with E-state index in [-0.39, 0.29) is 18.5 Å². The molecule has 0 spiro atoms. The van der Waals surface area contributed by atoms with Crippen LogP contribution in [0.15, 0.2) is 42.7 Å². The smallest absolute Gasteiger partial charge is 0.314 e. The van der Waals surface area contributed by atoms with E-state index in [2.05, 4.69) is 20.9 Å². The lowest BCUT2D eigenvalue weighted by molar-refractivity contribution is 0.0951. The van der Waals surface area contributed by atoms with Gasteiger partial charge in [-0.15, -0.1) is 0 Å². The normalized spacial score (nSPS) is 10.7. The highest BCUT2D eigenvalue weighted by molar-refractivity contribution is 5.97. The van der Waals surface area contributed by atoms with Gasteiger partial charge in [-0.3, -0.25) is 4.79 Å². The van der Waals surface area contributed by atoms with Gasteiger partial charge < -0.3 is 20.5 Å². The molecule has 0 saturated carbocycles. The Morgan fingerprint density at radius 2 is 1.79 bits per heavy atom. The molecule has 0 radical (unpaired) electrons. The number of imidazole rings is 1. The predicted octanol–water partition coefficient (Wildman–Crippen LogP) is 2.56. The first-order valence-corrected chi connectivity index (χ1v) is 9.16. The molecule has 1 aromatic heterocycles. The number of aromatic nitrogens is 2.